The molecule has 0 fully saturated rings. The van der Waals surface area contributed by atoms with Crippen molar-refractivity contribution in [2.75, 3.05) is 13.2 Å². The number of ether oxygens (including phenoxy) is 3. The molecule has 0 saturated carbocycles. The van der Waals surface area contributed by atoms with Crippen LogP contribution in [0.1, 0.15) is 361 Å². The van der Waals surface area contributed by atoms with Crippen LogP contribution in [-0.2, 0) is 28.6 Å². The second kappa shape index (κ2) is 68.3. The minimum atomic E-state index is -0.772. The largest absolute Gasteiger partial charge is 0.462 e. The second-order valence-corrected chi connectivity index (χ2v) is 23.4. The summed E-state index contributed by atoms with van der Waals surface area (Å²) in [6.45, 7) is 6.55. The summed E-state index contributed by atoms with van der Waals surface area (Å²) in [4.78, 5) is 38.2. The van der Waals surface area contributed by atoms with E-state index in [0.717, 1.165) is 89.9 Å². The molecule has 80 heavy (non-hydrogen) atoms. The monoisotopic (exact) mass is 1120 g/mol. The van der Waals surface area contributed by atoms with Crippen LogP contribution in [0.25, 0.3) is 0 Å². The van der Waals surface area contributed by atoms with E-state index in [9.17, 15) is 14.4 Å². The first-order chi connectivity index (χ1) is 39.5. The lowest BCUT2D eigenvalue weighted by molar-refractivity contribution is -0.167. The lowest BCUT2D eigenvalue weighted by Gasteiger charge is -2.18. The maximum atomic E-state index is 12.9. The van der Waals surface area contributed by atoms with Crippen LogP contribution in [0.2, 0.25) is 0 Å². The van der Waals surface area contributed by atoms with Gasteiger partial charge in [-0.1, -0.05) is 325 Å². The summed E-state index contributed by atoms with van der Waals surface area (Å²) >= 11 is 0. The van der Waals surface area contributed by atoms with Gasteiger partial charge in [0.1, 0.15) is 13.2 Å². The summed E-state index contributed by atoms with van der Waals surface area (Å²) in [7, 11) is 0. The molecule has 1 unspecified atom stereocenters. The van der Waals surface area contributed by atoms with E-state index in [0.29, 0.717) is 19.3 Å². The predicted octanol–water partition coefficient (Wildman–Crippen LogP) is 24.1. The Labute approximate surface area is 497 Å². The molecular weight excluding hydrogens is 985 g/mol. The number of carbonyl (C=O) groups is 3. The third-order valence-corrected chi connectivity index (χ3v) is 15.4. The van der Waals surface area contributed by atoms with Gasteiger partial charge in [0.05, 0.1) is 0 Å². The Morgan fingerprint density at radius 1 is 0.263 bits per heavy atom. The zero-order chi connectivity index (χ0) is 57.8. The molecule has 0 aliphatic carbocycles. The first-order valence-corrected chi connectivity index (χ1v) is 34.9. The molecule has 0 aliphatic rings. The van der Waals surface area contributed by atoms with Crippen molar-refractivity contribution in [3.05, 3.63) is 72.9 Å². The van der Waals surface area contributed by atoms with Crippen LogP contribution in [-0.4, -0.2) is 37.2 Å². The van der Waals surface area contributed by atoms with Crippen LogP contribution in [0.15, 0.2) is 72.9 Å². The van der Waals surface area contributed by atoms with Crippen molar-refractivity contribution in [3.63, 3.8) is 0 Å². The molecule has 464 valence electrons. The van der Waals surface area contributed by atoms with Crippen LogP contribution >= 0.6 is 0 Å². The fourth-order valence-corrected chi connectivity index (χ4v) is 10.2. The number of hydrogen-bond acceptors (Lipinski definition) is 6. The van der Waals surface area contributed by atoms with Crippen LogP contribution in [0, 0.1) is 0 Å². The SMILES string of the molecule is CC/C=C\C/C=C\C/C=C\C/C=C\C/C=C\CCCCCCCCCCCCCCCCCC(=O)OCC(COC(=O)CCCCCCCCCC)OC(=O)CCCCCCCCCCCCC/C=C\CCCCCCCCCC. The van der Waals surface area contributed by atoms with Crippen molar-refractivity contribution in [2.45, 2.75) is 367 Å². The van der Waals surface area contributed by atoms with Gasteiger partial charge < -0.3 is 14.2 Å². The summed E-state index contributed by atoms with van der Waals surface area (Å²) in [5.74, 6) is -0.856. The molecule has 0 N–H and O–H groups in total. The Hall–Kier alpha value is -3.15. The summed E-state index contributed by atoms with van der Waals surface area (Å²) in [5.41, 5.74) is 0. The average Bonchev–Trinajstić information content (AvgIpc) is 3.46. The minimum Gasteiger partial charge on any atom is -0.462 e. The van der Waals surface area contributed by atoms with Crippen LogP contribution in [0.5, 0.6) is 0 Å². The lowest BCUT2D eigenvalue weighted by Crippen LogP contribution is -2.30. The summed E-state index contributed by atoms with van der Waals surface area (Å²) in [6, 6.07) is 0. The van der Waals surface area contributed by atoms with E-state index in [-0.39, 0.29) is 31.1 Å². The maximum Gasteiger partial charge on any atom is 0.306 e. The van der Waals surface area contributed by atoms with Gasteiger partial charge in [-0.05, 0) is 89.9 Å². The summed E-state index contributed by atoms with van der Waals surface area (Å²) in [5, 5.41) is 0. The lowest BCUT2D eigenvalue weighted by atomic mass is 10.0. The molecule has 0 aliphatic heterocycles. The molecule has 0 spiro atoms. The van der Waals surface area contributed by atoms with Crippen molar-refractivity contribution in [1.29, 1.82) is 0 Å². The Bertz CT molecular complexity index is 1470. The van der Waals surface area contributed by atoms with Gasteiger partial charge in [0.15, 0.2) is 6.10 Å². The van der Waals surface area contributed by atoms with Gasteiger partial charge in [-0.25, -0.2) is 0 Å². The van der Waals surface area contributed by atoms with E-state index < -0.39 is 6.10 Å². The Balaban J connectivity index is 4.08. The molecule has 0 aromatic heterocycles. The van der Waals surface area contributed by atoms with Crippen molar-refractivity contribution >= 4 is 17.9 Å². The van der Waals surface area contributed by atoms with E-state index in [4.69, 9.17) is 14.2 Å². The molecule has 0 amide bonds. The molecule has 0 aromatic carbocycles. The number of hydrogen-bond donors (Lipinski definition) is 0. The summed E-state index contributed by atoms with van der Waals surface area (Å²) in [6.07, 6.45) is 89.5. The molecule has 6 nitrogen and oxygen atoms in total. The zero-order valence-electron chi connectivity index (χ0n) is 53.3. The van der Waals surface area contributed by atoms with Gasteiger partial charge >= 0.3 is 17.9 Å². The smallest absolute Gasteiger partial charge is 0.306 e. The number of esters is 3. The highest BCUT2D eigenvalue weighted by Crippen LogP contribution is 2.18. The second-order valence-electron chi connectivity index (χ2n) is 23.4. The third-order valence-electron chi connectivity index (χ3n) is 15.4. The average molecular weight is 1120 g/mol. The summed E-state index contributed by atoms with van der Waals surface area (Å²) < 4.78 is 16.9. The molecule has 0 bridgehead atoms. The van der Waals surface area contributed by atoms with Gasteiger partial charge in [0, 0.05) is 19.3 Å². The molecule has 0 aromatic rings. The quantitative estimate of drug-likeness (QED) is 0.0261. The van der Waals surface area contributed by atoms with E-state index in [1.807, 2.05) is 0 Å². The van der Waals surface area contributed by atoms with E-state index in [2.05, 4.69) is 93.7 Å². The fraction of sp³-hybridized carbons (Fsp3) is 0.797. The zero-order valence-corrected chi connectivity index (χ0v) is 53.3. The normalized spacial score (nSPS) is 12.5. The standard InChI is InChI=1S/C74H132O6/c1-4-7-10-13-16-19-21-23-25-27-29-31-33-34-35-36-37-38-39-40-42-43-45-47-49-51-53-55-58-61-64-67-73(76)79-70-71(69-78-72(75)66-63-60-57-18-15-12-9-6-3)80-74(77)68-65-62-59-56-54-52-50-48-46-44-41-32-30-28-26-24-22-20-17-14-11-8-5-2/h7,10,16,19,23,25,28-31,34-35,71H,4-6,8-9,11-15,17-18,20-22,24,26-27,32-33,36-70H2,1-3H3/b10-7-,19-16-,25-23-,30-28-,31-29-,35-34-. The van der Waals surface area contributed by atoms with E-state index in [1.165, 1.54) is 231 Å². The van der Waals surface area contributed by atoms with Gasteiger partial charge in [-0.15, -0.1) is 0 Å². The molecule has 0 heterocycles. The van der Waals surface area contributed by atoms with Crippen LogP contribution in [0.4, 0.5) is 0 Å². The topological polar surface area (TPSA) is 78.9 Å². The molecular formula is C74H132O6. The van der Waals surface area contributed by atoms with Crippen molar-refractivity contribution in [3.8, 4) is 0 Å². The highest BCUT2D eigenvalue weighted by Gasteiger charge is 2.19. The highest BCUT2D eigenvalue weighted by molar-refractivity contribution is 5.71. The molecule has 0 rings (SSSR count). The maximum absolute atomic E-state index is 12.9. The van der Waals surface area contributed by atoms with Gasteiger partial charge in [-0.3, -0.25) is 14.4 Å². The molecule has 6 heteroatoms. The Morgan fingerprint density at radius 3 is 0.775 bits per heavy atom. The predicted molar refractivity (Wildman–Crippen MR) is 348 cm³/mol. The van der Waals surface area contributed by atoms with E-state index in [1.54, 1.807) is 0 Å². The van der Waals surface area contributed by atoms with Crippen molar-refractivity contribution in [1.82, 2.24) is 0 Å². The van der Waals surface area contributed by atoms with Gasteiger partial charge in [-0.2, -0.15) is 0 Å². The van der Waals surface area contributed by atoms with Crippen LogP contribution in [0.3, 0.4) is 0 Å². The van der Waals surface area contributed by atoms with E-state index >= 15 is 0 Å². The van der Waals surface area contributed by atoms with Crippen molar-refractivity contribution in [2.24, 2.45) is 0 Å². The minimum absolute atomic E-state index is 0.0706. The number of rotatable bonds is 64. The number of carbonyl (C=O) groups excluding carboxylic acids is 3. The Kier molecular flexibility index (Phi) is 65.7. The first kappa shape index (κ1) is 76.9. The first-order valence-electron chi connectivity index (χ1n) is 34.9. The van der Waals surface area contributed by atoms with Gasteiger partial charge in [0.2, 0.25) is 0 Å². The number of allylic oxidation sites excluding steroid dienone is 12. The highest BCUT2D eigenvalue weighted by atomic mass is 16.6. The Morgan fingerprint density at radius 2 is 0.487 bits per heavy atom. The number of unbranched alkanes of at least 4 members (excludes halogenated alkanes) is 41. The molecule has 0 saturated heterocycles. The van der Waals surface area contributed by atoms with Crippen molar-refractivity contribution < 1.29 is 28.6 Å². The fourth-order valence-electron chi connectivity index (χ4n) is 10.2. The third kappa shape index (κ3) is 65.7. The molecule has 0 radical (unpaired) electrons. The van der Waals surface area contributed by atoms with Crippen LogP contribution < -0.4 is 0 Å². The van der Waals surface area contributed by atoms with Gasteiger partial charge in [0.25, 0.3) is 0 Å². The molecule has 1 atom stereocenters.